The molecule has 6 heteroatoms. The van der Waals surface area contributed by atoms with Crippen molar-refractivity contribution in [1.29, 1.82) is 0 Å². The third-order valence-corrected chi connectivity index (χ3v) is 4.07. The molecule has 0 saturated heterocycles. The van der Waals surface area contributed by atoms with E-state index in [9.17, 15) is 9.59 Å². The van der Waals surface area contributed by atoms with E-state index in [0.29, 0.717) is 12.1 Å². The summed E-state index contributed by atoms with van der Waals surface area (Å²) in [5, 5.41) is 15.0. The number of hydrogen-bond acceptors (Lipinski definition) is 5. The van der Waals surface area contributed by atoms with E-state index in [1.54, 1.807) is 18.3 Å². The summed E-state index contributed by atoms with van der Waals surface area (Å²) < 4.78 is 6.19. The van der Waals surface area contributed by atoms with Crippen molar-refractivity contribution in [1.82, 2.24) is 0 Å². The Kier molecular flexibility index (Phi) is 5.16. The molecule has 1 aromatic heterocycles. The number of carboxylic acid groups (broad SMARTS) is 1. The van der Waals surface area contributed by atoms with Gasteiger partial charge in [0, 0.05) is 16.6 Å². The van der Waals surface area contributed by atoms with E-state index in [1.807, 2.05) is 36.6 Å². The van der Waals surface area contributed by atoms with Gasteiger partial charge in [0.2, 0.25) is 0 Å². The summed E-state index contributed by atoms with van der Waals surface area (Å²) in [6, 6.07) is 7.63. The predicted molar refractivity (Wildman–Crippen MR) is 87.0 cm³/mol. The number of aliphatic carboxylic acids is 1. The van der Waals surface area contributed by atoms with Crippen molar-refractivity contribution in [2.75, 3.05) is 5.32 Å². The Hall–Kier alpha value is -2.34. The second-order valence-corrected chi connectivity index (χ2v) is 5.75. The molecule has 0 aliphatic carbocycles. The van der Waals surface area contributed by atoms with E-state index in [4.69, 9.17) is 9.84 Å². The summed E-state index contributed by atoms with van der Waals surface area (Å²) in [6.07, 6.45) is 1.47. The number of fused-ring (bicyclic) bond motifs is 1. The molecule has 1 heterocycles. The fourth-order valence-corrected chi connectivity index (χ4v) is 2.52. The van der Waals surface area contributed by atoms with Crippen LogP contribution in [0.25, 0.3) is 10.1 Å². The summed E-state index contributed by atoms with van der Waals surface area (Å²) in [5.74, 6) is -2.16. The maximum Gasteiger partial charge on any atom is 0.347 e. The van der Waals surface area contributed by atoms with Crippen LogP contribution in [0.1, 0.15) is 20.3 Å². The average Bonchev–Trinajstić information content (AvgIpc) is 2.94. The molecular weight excluding hydrogens is 302 g/mol. The van der Waals surface area contributed by atoms with E-state index in [0.717, 1.165) is 10.1 Å². The normalized spacial score (nSPS) is 12.9. The van der Waals surface area contributed by atoms with E-state index >= 15 is 0 Å². The van der Waals surface area contributed by atoms with Gasteiger partial charge in [0.05, 0.1) is 6.10 Å². The summed E-state index contributed by atoms with van der Waals surface area (Å²) in [5.41, 5.74) is 0.284. The molecule has 0 aliphatic heterocycles. The first-order chi connectivity index (χ1) is 10.5. The molecule has 5 nitrogen and oxygen atoms in total. The van der Waals surface area contributed by atoms with E-state index in [1.165, 1.54) is 6.20 Å². The zero-order valence-electron chi connectivity index (χ0n) is 12.3. The first-order valence-electron chi connectivity index (χ1n) is 6.89. The van der Waals surface area contributed by atoms with Gasteiger partial charge in [-0.1, -0.05) is 6.92 Å². The Labute approximate surface area is 132 Å². The van der Waals surface area contributed by atoms with Gasteiger partial charge in [0.15, 0.2) is 5.57 Å². The summed E-state index contributed by atoms with van der Waals surface area (Å²) in [6.45, 7) is 3.58. The van der Waals surface area contributed by atoms with Crippen molar-refractivity contribution < 1.29 is 19.4 Å². The number of nitrogens with one attached hydrogen (secondary N) is 1. The largest absolute Gasteiger partial charge is 0.477 e. The summed E-state index contributed by atoms with van der Waals surface area (Å²) in [4.78, 5) is 23.0. The van der Waals surface area contributed by atoms with Crippen molar-refractivity contribution in [3.8, 4) is 0 Å². The number of carbonyl (C=O) groups is 2. The maximum atomic E-state index is 11.8. The van der Waals surface area contributed by atoms with Crippen LogP contribution in [0.5, 0.6) is 0 Å². The second kappa shape index (κ2) is 7.09. The van der Waals surface area contributed by atoms with E-state index < -0.39 is 17.5 Å². The van der Waals surface area contributed by atoms with Crippen LogP contribution < -0.4 is 5.32 Å². The molecule has 22 heavy (non-hydrogen) atoms. The minimum Gasteiger partial charge on any atom is -0.477 e. The number of rotatable bonds is 6. The topological polar surface area (TPSA) is 75.6 Å². The molecule has 0 aliphatic rings. The molecule has 0 radical (unpaired) electrons. The average molecular weight is 319 g/mol. The highest BCUT2D eigenvalue weighted by atomic mass is 32.1. The molecule has 1 atom stereocenters. The fourth-order valence-electron chi connectivity index (χ4n) is 1.75. The monoisotopic (exact) mass is 319 g/mol. The van der Waals surface area contributed by atoms with Crippen LogP contribution in [0, 0.1) is 0 Å². The van der Waals surface area contributed by atoms with Crippen molar-refractivity contribution in [2.45, 2.75) is 26.4 Å². The molecule has 116 valence electrons. The molecule has 2 rings (SSSR count). The van der Waals surface area contributed by atoms with Crippen molar-refractivity contribution in [2.24, 2.45) is 0 Å². The Bertz CT molecular complexity index is 720. The highest BCUT2D eigenvalue weighted by molar-refractivity contribution is 7.17. The Balaban J connectivity index is 2.15. The zero-order valence-corrected chi connectivity index (χ0v) is 13.1. The van der Waals surface area contributed by atoms with Crippen LogP contribution in [0.2, 0.25) is 0 Å². The van der Waals surface area contributed by atoms with Crippen LogP contribution in [-0.2, 0) is 14.3 Å². The van der Waals surface area contributed by atoms with Gasteiger partial charge in [-0.05, 0) is 48.4 Å². The van der Waals surface area contributed by atoms with Crippen molar-refractivity contribution in [3.05, 3.63) is 41.4 Å². The quantitative estimate of drug-likeness (QED) is 0.368. The molecule has 0 saturated carbocycles. The third-order valence-electron chi connectivity index (χ3n) is 3.17. The summed E-state index contributed by atoms with van der Waals surface area (Å²) in [7, 11) is 0. The van der Waals surface area contributed by atoms with Crippen LogP contribution >= 0.6 is 11.3 Å². The van der Waals surface area contributed by atoms with Crippen LogP contribution in [0.15, 0.2) is 41.4 Å². The minimum absolute atomic E-state index is 0.322. The molecular formula is C16H17NO4S. The second-order valence-electron chi connectivity index (χ2n) is 4.80. The number of hydrogen-bond donors (Lipinski definition) is 2. The van der Waals surface area contributed by atoms with E-state index in [2.05, 4.69) is 5.32 Å². The van der Waals surface area contributed by atoms with Crippen LogP contribution in [0.4, 0.5) is 5.69 Å². The Morgan fingerprint density at radius 3 is 2.86 bits per heavy atom. The van der Waals surface area contributed by atoms with Gasteiger partial charge in [-0.15, -0.1) is 11.3 Å². The van der Waals surface area contributed by atoms with Crippen molar-refractivity contribution in [3.63, 3.8) is 0 Å². The van der Waals surface area contributed by atoms with Crippen LogP contribution in [0.3, 0.4) is 0 Å². The lowest BCUT2D eigenvalue weighted by molar-refractivity contribution is -0.147. The number of carbonyl (C=O) groups excluding carboxylic acids is 1. The Morgan fingerprint density at radius 2 is 2.18 bits per heavy atom. The molecule has 2 N–H and O–H groups in total. The highest BCUT2D eigenvalue weighted by Gasteiger charge is 2.20. The smallest absolute Gasteiger partial charge is 0.347 e. The maximum absolute atomic E-state index is 11.8. The SMILES string of the molecule is CCC(C)OC(=O)C(=CNc1ccc2sccc2c1)C(=O)O. The Morgan fingerprint density at radius 1 is 1.41 bits per heavy atom. The predicted octanol–water partition coefficient (Wildman–Crippen LogP) is 3.62. The highest BCUT2D eigenvalue weighted by Crippen LogP contribution is 2.24. The number of ether oxygens (including phenoxy) is 1. The minimum atomic E-state index is -1.32. The number of esters is 1. The number of anilines is 1. The van der Waals surface area contributed by atoms with Crippen molar-refractivity contribution >= 4 is 39.0 Å². The van der Waals surface area contributed by atoms with Gasteiger partial charge >= 0.3 is 11.9 Å². The lowest BCUT2D eigenvalue weighted by Gasteiger charge is -2.11. The van der Waals surface area contributed by atoms with Gasteiger partial charge in [-0.2, -0.15) is 0 Å². The number of thiophene rings is 1. The van der Waals surface area contributed by atoms with Gasteiger partial charge in [0.1, 0.15) is 0 Å². The van der Waals surface area contributed by atoms with Gasteiger partial charge in [-0.25, -0.2) is 9.59 Å². The first-order valence-corrected chi connectivity index (χ1v) is 7.77. The van der Waals surface area contributed by atoms with Gasteiger partial charge in [0.25, 0.3) is 0 Å². The molecule has 1 unspecified atom stereocenters. The standard InChI is InChI=1S/C16H17NO4S/c1-3-10(2)21-16(20)13(15(18)19)9-17-12-4-5-14-11(8-12)6-7-22-14/h4-10,17H,3H2,1-2H3,(H,18,19). The zero-order chi connectivity index (χ0) is 16.1. The lowest BCUT2D eigenvalue weighted by atomic mass is 10.2. The fraction of sp³-hybridized carbons (Fsp3) is 0.250. The van der Waals surface area contributed by atoms with E-state index in [-0.39, 0.29) is 6.10 Å². The molecule has 0 spiro atoms. The van der Waals surface area contributed by atoms with Crippen LogP contribution in [-0.4, -0.2) is 23.1 Å². The molecule has 0 amide bonds. The molecule has 1 aromatic carbocycles. The third kappa shape index (κ3) is 3.85. The summed E-state index contributed by atoms with van der Waals surface area (Å²) >= 11 is 1.63. The molecule has 2 aromatic rings. The van der Waals surface area contributed by atoms with Gasteiger partial charge < -0.3 is 15.2 Å². The molecule has 0 fully saturated rings. The first kappa shape index (κ1) is 16.0. The van der Waals surface area contributed by atoms with Gasteiger partial charge in [-0.3, -0.25) is 0 Å². The number of benzene rings is 1. The lowest BCUT2D eigenvalue weighted by Crippen LogP contribution is -2.21. The number of carboxylic acids is 1. The molecule has 0 bridgehead atoms.